The van der Waals surface area contributed by atoms with Crippen LogP contribution < -0.4 is 4.74 Å². The summed E-state index contributed by atoms with van der Waals surface area (Å²) in [6.07, 6.45) is -9.18. The Morgan fingerprint density at radius 1 is 0.795 bits per heavy atom. The number of alkyl halides is 6. The number of ether oxygens (including phenoxy) is 2. The fourth-order valence-electron chi connectivity index (χ4n) is 4.79. The zero-order valence-electron chi connectivity index (χ0n) is 23.8. The molecule has 44 heavy (non-hydrogen) atoms. The van der Waals surface area contributed by atoms with Crippen molar-refractivity contribution in [3.8, 4) is 34.0 Å². The smallest absolute Gasteiger partial charge is 0.416 e. The van der Waals surface area contributed by atoms with E-state index in [9.17, 15) is 31.1 Å². The second kappa shape index (κ2) is 11.7. The molecule has 0 saturated carbocycles. The van der Waals surface area contributed by atoms with Gasteiger partial charge in [0, 0.05) is 22.2 Å². The standard InChI is InChI=1S/C33H26F6N2O3/c1-4-43-31(42)29-17-26-28(41(29)24-13-15-25(16-14-24)44-19(2)3)18-27(20-5-9-22(10-6-20)32(34,35)36)40-30(26)21-7-11-23(12-8-21)33(37,38)39/h5-19H,4H2,1-3H3. The summed E-state index contributed by atoms with van der Waals surface area (Å²) < 4.78 is 92.4. The first-order valence-electron chi connectivity index (χ1n) is 13.6. The molecule has 0 amide bonds. The van der Waals surface area contributed by atoms with Gasteiger partial charge in [0.15, 0.2) is 0 Å². The van der Waals surface area contributed by atoms with Crippen LogP contribution in [0.4, 0.5) is 26.3 Å². The summed E-state index contributed by atoms with van der Waals surface area (Å²) in [6, 6.07) is 18.8. The highest BCUT2D eigenvalue weighted by Crippen LogP contribution is 2.38. The number of hydrogen-bond donors (Lipinski definition) is 0. The molecule has 0 atom stereocenters. The molecule has 0 aliphatic carbocycles. The highest BCUT2D eigenvalue weighted by atomic mass is 19.4. The number of hydrogen-bond acceptors (Lipinski definition) is 4. The van der Waals surface area contributed by atoms with Crippen LogP contribution in [-0.2, 0) is 17.1 Å². The first-order chi connectivity index (χ1) is 20.8. The van der Waals surface area contributed by atoms with Crippen LogP contribution in [0.25, 0.3) is 39.1 Å². The van der Waals surface area contributed by atoms with Gasteiger partial charge in [-0.25, -0.2) is 9.78 Å². The lowest BCUT2D eigenvalue weighted by Crippen LogP contribution is -2.11. The van der Waals surface area contributed by atoms with Crippen LogP contribution in [0.15, 0.2) is 84.9 Å². The number of carbonyl (C=O) groups is 1. The maximum absolute atomic E-state index is 13.3. The lowest BCUT2D eigenvalue weighted by Gasteiger charge is -2.14. The van der Waals surface area contributed by atoms with E-state index < -0.39 is 29.4 Å². The topological polar surface area (TPSA) is 53.3 Å². The highest BCUT2D eigenvalue weighted by Gasteiger charge is 2.31. The molecule has 228 valence electrons. The molecule has 0 aliphatic heterocycles. The van der Waals surface area contributed by atoms with E-state index in [0.29, 0.717) is 33.5 Å². The maximum Gasteiger partial charge on any atom is 0.416 e. The zero-order valence-corrected chi connectivity index (χ0v) is 23.8. The van der Waals surface area contributed by atoms with Gasteiger partial charge in [-0.15, -0.1) is 0 Å². The Kier molecular flexibility index (Phi) is 8.15. The van der Waals surface area contributed by atoms with Gasteiger partial charge in [0.1, 0.15) is 11.4 Å². The van der Waals surface area contributed by atoms with Crippen molar-refractivity contribution >= 4 is 16.9 Å². The van der Waals surface area contributed by atoms with E-state index in [2.05, 4.69) is 4.98 Å². The van der Waals surface area contributed by atoms with Gasteiger partial charge in [0.25, 0.3) is 0 Å². The molecule has 0 radical (unpaired) electrons. The number of pyridine rings is 1. The van der Waals surface area contributed by atoms with E-state index >= 15 is 0 Å². The molecular weight excluding hydrogens is 586 g/mol. The molecule has 5 aromatic rings. The maximum atomic E-state index is 13.3. The lowest BCUT2D eigenvalue weighted by atomic mass is 10.0. The molecule has 2 aromatic heterocycles. The van der Waals surface area contributed by atoms with Crippen LogP contribution in [-0.4, -0.2) is 28.2 Å². The van der Waals surface area contributed by atoms with Crippen molar-refractivity contribution in [1.29, 1.82) is 0 Å². The largest absolute Gasteiger partial charge is 0.491 e. The third kappa shape index (κ3) is 6.27. The third-order valence-corrected chi connectivity index (χ3v) is 6.74. The summed E-state index contributed by atoms with van der Waals surface area (Å²) in [4.78, 5) is 17.9. The van der Waals surface area contributed by atoms with Crippen LogP contribution in [0, 0.1) is 0 Å². The van der Waals surface area contributed by atoms with Crippen molar-refractivity contribution in [2.45, 2.75) is 39.2 Å². The monoisotopic (exact) mass is 612 g/mol. The molecule has 11 heteroatoms. The van der Waals surface area contributed by atoms with Crippen molar-refractivity contribution in [2.24, 2.45) is 0 Å². The van der Waals surface area contributed by atoms with Crippen molar-refractivity contribution in [2.75, 3.05) is 6.61 Å². The van der Waals surface area contributed by atoms with Gasteiger partial charge >= 0.3 is 18.3 Å². The number of esters is 1. The van der Waals surface area contributed by atoms with Crippen LogP contribution in [0.5, 0.6) is 5.75 Å². The van der Waals surface area contributed by atoms with Crippen LogP contribution >= 0.6 is 0 Å². The van der Waals surface area contributed by atoms with E-state index in [-0.39, 0.29) is 29.8 Å². The molecule has 0 N–H and O–H groups in total. The lowest BCUT2D eigenvalue weighted by molar-refractivity contribution is -0.138. The highest BCUT2D eigenvalue weighted by molar-refractivity contribution is 6.03. The number of halogens is 6. The predicted octanol–water partition coefficient (Wildman–Crippen LogP) is 9.36. The van der Waals surface area contributed by atoms with Crippen LogP contribution in [0.3, 0.4) is 0 Å². The van der Waals surface area contributed by atoms with Gasteiger partial charge in [-0.2, -0.15) is 26.3 Å². The van der Waals surface area contributed by atoms with Gasteiger partial charge in [0.05, 0.1) is 40.7 Å². The summed E-state index contributed by atoms with van der Waals surface area (Å²) in [5, 5.41) is 0.422. The SMILES string of the molecule is CCOC(=O)c1cc2c(-c3ccc(C(F)(F)F)cc3)nc(-c3ccc(C(F)(F)F)cc3)cc2n1-c1ccc(OC(C)C)cc1. The van der Waals surface area contributed by atoms with Gasteiger partial charge in [-0.05, 0) is 81.4 Å². The zero-order chi connectivity index (χ0) is 31.8. The Morgan fingerprint density at radius 3 is 1.84 bits per heavy atom. The second-order valence-corrected chi connectivity index (χ2v) is 10.2. The number of aromatic nitrogens is 2. The van der Waals surface area contributed by atoms with E-state index in [1.807, 2.05) is 13.8 Å². The van der Waals surface area contributed by atoms with E-state index in [1.165, 1.54) is 24.3 Å². The van der Waals surface area contributed by atoms with Gasteiger partial charge < -0.3 is 14.0 Å². The predicted molar refractivity (Wildman–Crippen MR) is 154 cm³/mol. The quantitative estimate of drug-likeness (QED) is 0.136. The normalized spacial score (nSPS) is 12.1. The van der Waals surface area contributed by atoms with Gasteiger partial charge in [-0.3, -0.25) is 0 Å². The van der Waals surface area contributed by atoms with E-state index in [1.54, 1.807) is 47.9 Å². The van der Waals surface area contributed by atoms with Crippen molar-refractivity contribution in [1.82, 2.24) is 9.55 Å². The van der Waals surface area contributed by atoms with E-state index in [4.69, 9.17) is 9.47 Å². The third-order valence-electron chi connectivity index (χ3n) is 6.74. The van der Waals surface area contributed by atoms with Crippen LogP contribution in [0.2, 0.25) is 0 Å². The van der Waals surface area contributed by atoms with Crippen molar-refractivity contribution in [3.05, 3.63) is 102 Å². The second-order valence-electron chi connectivity index (χ2n) is 10.2. The van der Waals surface area contributed by atoms with E-state index in [0.717, 1.165) is 24.3 Å². The minimum absolute atomic E-state index is 0.0768. The number of nitrogens with zero attached hydrogens (tertiary/aromatic N) is 2. The first kappa shape index (κ1) is 30.7. The number of benzene rings is 3. The summed E-state index contributed by atoms with van der Waals surface area (Å²) in [5.41, 5.74) is 0.522. The van der Waals surface area contributed by atoms with Crippen LogP contribution in [0.1, 0.15) is 42.4 Å². The average molecular weight is 613 g/mol. The number of carbonyl (C=O) groups excluding carboxylic acids is 1. The molecule has 2 heterocycles. The van der Waals surface area contributed by atoms with Gasteiger partial charge in [-0.1, -0.05) is 24.3 Å². The Balaban J connectivity index is 1.78. The molecule has 0 bridgehead atoms. The molecule has 3 aromatic carbocycles. The number of fused-ring (bicyclic) bond motifs is 1. The molecule has 5 nitrogen and oxygen atoms in total. The molecule has 0 saturated heterocycles. The Bertz CT molecular complexity index is 1790. The summed E-state index contributed by atoms with van der Waals surface area (Å²) in [6.45, 7) is 5.50. The van der Waals surface area contributed by atoms with Crippen molar-refractivity contribution < 1.29 is 40.6 Å². The van der Waals surface area contributed by atoms with Crippen molar-refractivity contribution in [3.63, 3.8) is 0 Å². The minimum Gasteiger partial charge on any atom is -0.491 e. The Morgan fingerprint density at radius 2 is 1.34 bits per heavy atom. The Labute approximate surface area is 248 Å². The molecule has 0 unspecified atom stereocenters. The molecule has 0 fully saturated rings. The fraction of sp³-hybridized carbons (Fsp3) is 0.212. The minimum atomic E-state index is -4.56. The Hall–Kier alpha value is -4.80. The summed E-state index contributed by atoms with van der Waals surface area (Å²) >= 11 is 0. The average Bonchev–Trinajstić information content (AvgIpc) is 3.36. The first-order valence-corrected chi connectivity index (χ1v) is 13.6. The summed E-state index contributed by atoms with van der Waals surface area (Å²) in [7, 11) is 0. The molecular formula is C33H26F6N2O3. The molecule has 0 spiro atoms. The summed E-state index contributed by atoms with van der Waals surface area (Å²) in [5.74, 6) is -0.0592. The van der Waals surface area contributed by atoms with Gasteiger partial charge in [0.2, 0.25) is 0 Å². The fourth-order valence-corrected chi connectivity index (χ4v) is 4.79. The molecule has 0 aliphatic rings. The number of rotatable bonds is 7. The molecule has 5 rings (SSSR count).